The molecule has 0 bridgehead atoms. The predicted molar refractivity (Wildman–Crippen MR) is 118 cm³/mol. The first-order chi connectivity index (χ1) is 15.8. The Kier molecular flexibility index (Phi) is 5.90. The summed E-state index contributed by atoms with van der Waals surface area (Å²) in [6.07, 6.45) is 0.162. The molecule has 0 saturated heterocycles. The maximum atomic E-state index is 13.4. The van der Waals surface area contributed by atoms with E-state index in [1.807, 2.05) is 0 Å². The van der Waals surface area contributed by atoms with E-state index in [-0.39, 0.29) is 21.2 Å². The summed E-state index contributed by atoms with van der Waals surface area (Å²) in [7, 11) is -4.02. The smallest absolute Gasteiger partial charge is 0.269 e. The van der Waals surface area contributed by atoms with E-state index in [0.29, 0.717) is 11.1 Å². The van der Waals surface area contributed by atoms with Crippen molar-refractivity contribution in [2.45, 2.75) is 17.2 Å². The molecule has 1 aliphatic rings. The molecular weight excluding hydrogens is 450 g/mol. The average Bonchev–Trinajstić information content (AvgIpc) is 2.84. The first-order valence-corrected chi connectivity index (χ1v) is 11.2. The summed E-state index contributed by atoms with van der Waals surface area (Å²) in [5, 5.41) is 25.5. The Bertz CT molecular complexity index is 1360. The van der Waals surface area contributed by atoms with Gasteiger partial charge in [0.05, 0.1) is 20.8 Å². The van der Waals surface area contributed by atoms with Crippen molar-refractivity contribution in [2.24, 2.45) is 0 Å². The van der Waals surface area contributed by atoms with Crippen LogP contribution in [0.2, 0.25) is 0 Å². The van der Waals surface area contributed by atoms with Crippen molar-refractivity contribution in [3.8, 4) is 0 Å². The lowest BCUT2D eigenvalue weighted by atomic mass is 10.0. The molecule has 4 rings (SSSR count). The Morgan fingerprint density at radius 2 is 1.36 bits per heavy atom. The van der Waals surface area contributed by atoms with Gasteiger partial charge in [0.25, 0.3) is 11.4 Å². The SMILES string of the molecule is O=[N+]([O-])c1cccc(C2NC(c3cccc([N+](=O)[O-])c3)C(S(=O)(=O)c3ccccc3)=CO2)c1. The summed E-state index contributed by atoms with van der Waals surface area (Å²) in [6.45, 7) is 0. The highest BCUT2D eigenvalue weighted by molar-refractivity contribution is 7.95. The lowest BCUT2D eigenvalue weighted by Crippen LogP contribution is -2.35. The van der Waals surface area contributed by atoms with E-state index in [2.05, 4.69) is 5.32 Å². The molecule has 0 aromatic heterocycles. The van der Waals surface area contributed by atoms with Crippen LogP contribution in [0.3, 0.4) is 0 Å². The fraction of sp³-hybridized carbons (Fsp3) is 0.0909. The van der Waals surface area contributed by atoms with Crippen LogP contribution in [0, 0.1) is 20.2 Å². The largest absolute Gasteiger partial charge is 0.478 e. The molecule has 0 radical (unpaired) electrons. The van der Waals surface area contributed by atoms with Crippen molar-refractivity contribution >= 4 is 21.2 Å². The van der Waals surface area contributed by atoms with Gasteiger partial charge in [0.1, 0.15) is 11.2 Å². The number of sulfone groups is 1. The second-order valence-electron chi connectivity index (χ2n) is 7.16. The van der Waals surface area contributed by atoms with Gasteiger partial charge in [0.15, 0.2) is 6.23 Å². The molecule has 168 valence electrons. The third kappa shape index (κ3) is 4.45. The van der Waals surface area contributed by atoms with Crippen molar-refractivity contribution < 1.29 is 23.0 Å². The van der Waals surface area contributed by atoms with Crippen LogP contribution in [0.5, 0.6) is 0 Å². The summed E-state index contributed by atoms with van der Waals surface area (Å²) in [6, 6.07) is 18.0. The van der Waals surface area contributed by atoms with E-state index >= 15 is 0 Å². The highest BCUT2D eigenvalue weighted by Crippen LogP contribution is 2.38. The summed E-state index contributed by atoms with van der Waals surface area (Å²) >= 11 is 0. The number of rotatable bonds is 6. The molecular formula is C22H17N3O7S. The van der Waals surface area contributed by atoms with Crippen LogP contribution in [0.15, 0.2) is 94.9 Å². The third-order valence-electron chi connectivity index (χ3n) is 5.08. The Labute approximate surface area is 188 Å². The van der Waals surface area contributed by atoms with Crippen LogP contribution in [0.4, 0.5) is 11.4 Å². The number of nitrogens with zero attached hydrogens (tertiary/aromatic N) is 2. The van der Waals surface area contributed by atoms with E-state index in [0.717, 1.165) is 6.26 Å². The molecule has 11 heteroatoms. The Hall–Kier alpha value is -4.09. The first-order valence-electron chi connectivity index (χ1n) is 9.68. The molecule has 33 heavy (non-hydrogen) atoms. The van der Waals surface area contributed by atoms with Gasteiger partial charge < -0.3 is 4.74 Å². The lowest BCUT2D eigenvalue weighted by Gasteiger charge is -2.32. The summed E-state index contributed by atoms with van der Waals surface area (Å²) < 4.78 is 32.4. The third-order valence-corrected chi connectivity index (χ3v) is 6.93. The Morgan fingerprint density at radius 1 is 0.788 bits per heavy atom. The molecule has 1 heterocycles. The summed E-state index contributed by atoms with van der Waals surface area (Å²) in [4.78, 5) is 21.2. The number of hydrogen-bond donors (Lipinski definition) is 1. The number of nitro benzene ring substituents is 2. The summed E-state index contributed by atoms with van der Waals surface area (Å²) in [5.74, 6) is 0. The first kappa shape index (κ1) is 22.1. The fourth-order valence-electron chi connectivity index (χ4n) is 3.48. The summed E-state index contributed by atoms with van der Waals surface area (Å²) in [5.41, 5.74) is 0.362. The lowest BCUT2D eigenvalue weighted by molar-refractivity contribution is -0.385. The van der Waals surface area contributed by atoms with Crippen LogP contribution >= 0.6 is 0 Å². The van der Waals surface area contributed by atoms with E-state index in [4.69, 9.17) is 4.74 Å². The van der Waals surface area contributed by atoms with Crippen LogP contribution in [0.25, 0.3) is 0 Å². The van der Waals surface area contributed by atoms with E-state index in [9.17, 15) is 28.6 Å². The molecule has 2 unspecified atom stereocenters. The normalized spacial score (nSPS) is 18.1. The monoisotopic (exact) mass is 467 g/mol. The standard InChI is InChI=1S/C22H17N3O7S/c26-24(27)17-8-4-6-15(12-17)21-20(33(30,31)19-10-2-1-3-11-19)14-32-22(23-21)16-7-5-9-18(13-16)25(28)29/h1-14,21-23H. The Morgan fingerprint density at radius 3 is 1.97 bits per heavy atom. The van der Waals surface area contributed by atoms with E-state index in [1.54, 1.807) is 30.3 Å². The number of nitro groups is 2. The molecule has 3 aromatic carbocycles. The van der Waals surface area contributed by atoms with Crippen LogP contribution in [0.1, 0.15) is 23.4 Å². The van der Waals surface area contributed by atoms with Crippen molar-refractivity contribution in [3.05, 3.63) is 121 Å². The number of ether oxygens (including phenoxy) is 1. The van der Waals surface area contributed by atoms with Crippen LogP contribution in [-0.4, -0.2) is 18.3 Å². The molecule has 0 saturated carbocycles. The van der Waals surface area contributed by atoms with Gasteiger partial charge in [-0.25, -0.2) is 8.42 Å². The minimum absolute atomic E-state index is 0.0332. The fourth-order valence-corrected chi connectivity index (χ4v) is 4.97. The van der Waals surface area contributed by atoms with Crippen LogP contribution < -0.4 is 5.32 Å². The number of nitrogens with one attached hydrogen (secondary N) is 1. The maximum absolute atomic E-state index is 13.4. The molecule has 2 atom stereocenters. The van der Waals surface area contributed by atoms with Gasteiger partial charge in [-0.1, -0.05) is 42.5 Å². The molecule has 0 spiro atoms. The van der Waals surface area contributed by atoms with E-state index in [1.165, 1.54) is 48.5 Å². The van der Waals surface area contributed by atoms with Gasteiger partial charge in [-0.05, 0) is 17.7 Å². The van der Waals surface area contributed by atoms with Crippen LogP contribution in [-0.2, 0) is 14.6 Å². The zero-order valence-electron chi connectivity index (χ0n) is 16.9. The van der Waals surface area contributed by atoms with Crippen molar-refractivity contribution in [1.82, 2.24) is 5.32 Å². The highest BCUT2D eigenvalue weighted by Gasteiger charge is 2.36. The van der Waals surface area contributed by atoms with E-state index < -0.39 is 32.0 Å². The highest BCUT2D eigenvalue weighted by atomic mass is 32.2. The molecule has 1 aliphatic heterocycles. The average molecular weight is 467 g/mol. The van der Waals surface area contributed by atoms with Gasteiger partial charge in [-0.3, -0.25) is 25.5 Å². The minimum Gasteiger partial charge on any atom is -0.478 e. The van der Waals surface area contributed by atoms with Gasteiger partial charge in [0.2, 0.25) is 9.84 Å². The second kappa shape index (κ2) is 8.81. The van der Waals surface area contributed by atoms with Gasteiger partial charge in [0, 0.05) is 29.8 Å². The van der Waals surface area contributed by atoms with Gasteiger partial charge >= 0.3 is 0 Å². The van der Waals surface area contributed by atoms with Crippen molar-refractivity contribution in [3.63, 3.8) is 0 Å². The zero-order valence-corrected chi connectivity index (χ0v) is 17.7. The molecule has 1 N–H and O–H groups in total. The minimum atomic E-state index is -4.02. The van der Waals surface area contributed by atoms with Crippen molar-refractivity contribution in [1.29, 1.82) is 0 Å². The quantitative estimate of drug-likeness (QED) is 0.420. The number of non-ortho nitro benzene ring substituents is 2. The predicted octanol–water partition coefficient (Wildman–Crippen LogP) is 4.18. The topological polar surface area (TPSA) is 142 Å². The van der Waals surface area contributed by atoms with Gasteiger partial charge in [-0.2, -0.15) is 0 Å². The number of benzene rings is 3. The molecule has 0 amide bonds. The molecule has 10 nitrogen and oxygen atoms in total. The zero-order chi connectivity index (χ0) is 23.6. The second-order valence-corrected chi connectivity index (χ2v) is 9.11. The molecule has 0 aliphatic carbocycles. The molecule has 0 fully saturated rings. The Balaban J connectivity index is 1.81. The van der Waals surface area contributed by atoms with Crippen molar-refractivity contribution in [2.75, 3.05) is 0 Å². The maximum Gasteiger partial charge on any atom is 0.269 e. The van der Waals surface area contributed by atoms with Gasteiger partial charge in [-0.15, -0.1) is 0 Å². The number of hydrogen-bond acceptors (Lipinski definition) is 8. The molecule has 3 aromatic rings.